The van der Waals surface area contributed by atoms with E-state index in [0.29, 0.717) is 37.6 Å². The van der Waals surface area contributed by atoms with Crippen LogP contribution in [0.2, 0.25) is 0 Å². The number of hydrogen-bond donors (Lipinski definition) is 1. The number of carbonyl (C=O) groups excluding carboxylic acids is 2. The van der Waals surface area contributed by atoms with Crippen LogP contribution in [0.15, 0.2) is 48.5 Å². The van der Waals surface area contributed by atoms with Crippen LogP contribution in [-0.2, 0) is 9.59 Å². The van der Waals surface area contributed by atoms with Crippen molar-refractivity contribution < 1.29 is 19.4 Å². The largest absolute Gasteiger partial charge is 0.506 e. The van der Waals surface area contributed by atoms with Gasteiger partial charge in [-0.3, -0.25) is 14.5 Å². The molecule has 1 atom stereocenters. The van der Waals surface area contributed by atoms with Gasteiger partial charge >= 0.3 is 0 Å². The predicted octanol–water partition coefficient (Wildman–Crippen LogP) is 1.85. The first-order valence-electron chi connectivity index (χ1n) is 9.36. The van der Waals surface area contributed by atoms with E-state index in [9.17, 15) is 14.7 Å². The summed E-state index contributed by atoms with van der Waals surface area (Å²) in [7, 11) is 1.58. The van der Waals surface area contributed by atoms with Gasteiger partial charge in [-0.15, -0.1) is 0 Å². The molecular formula is C21H23N3O4. The van der Waals surface area contributed by atoms with Crippen molar-refractivity contribution in [2.75, 3.05) is 43.1 Å². The van der Waals surface area contributed by atoms with E-state index in [1.54, 1.807) is 43.5 Å². The highest BCUT2D eigenvalue weighted by molar-refractivity contribution is 6.22. The molecule has 2 fully saturated rings. The third kappa shape index (κ3) is 3.29. The lowest BCUT2D eigenvalue weighted by Crippen LogP contribution is -2.52. The van der Waals surface area contributed by atoms with E-state index in [2.05, 4.69) is 9.80 Å². The van der Waals surface area contributed by atoms with Crippen LogP contribution in [-0.4, -0.2) is 61.2 Å². The monoisotopic (exact) mass is 381 g/mol. The van der Waals surface area contributed by atoms with Crippen molar-refractivity contribution >= 4 is 23.2 Å². The number of anilines is 2. The number of para-hydroxylation sites is 2. The van der Waals surface area contributed by atoms with Gasteiger partial charge in [0.2, 0.25) is 5.91 Å². The Hall–Kier alpha value is -3.06. The van der Waals surface area contributed by atoms with E-state index < -0.39 is 6.04 Å². The van der Waals surface area contributed by atoms with E-state index in [-0.39, 0.29) is 24.0 Å². The van der Waals surface area contributed by atoms with Crippen molar-refractivity contribution in [3.05, 3.63) is 48.5 Å². The minimum atomic E-state index is -0.430. The lowest BCUT2D eigenvalue weighted by atomic mass is 10.1. The fourth-order valence-corrected chi connectivity index (χ4v) is 3.91. The number of rotatable bonds is 4. The predicted molar refractivity (Wildman–Crippen MR) is 106 cm³/mol. The van der Waals surface area contributed by atoms with Crippen LogP contribution < -0.4 is 14.5 Å². The Morgan fingerprint density at radius 1 is 0.964 bits per heavy atom. The minimum Gasteiger partial charge on any atom is -0.506 e. The first-order chi connectivity index (χ1) is 13.6. The average molecular weight is 381 g/mol. The van der Waals surface area contributed by atoms with Crippen molar-refractivity contribution in [3.8, 4) is 11.5 Å². The molecular weight excluding hydrogens is 358 g/mol. The van der Waals surface area contributed by atoms with Crippen molar-refractivity contribution in [2.24, 2.45) is 0 Å². The Morgan fingerprint density at radius 2 is 1.64 bits per heavy atom. The molecule has 0 spiro atoms. The molecule has 7 heteroatoms. The number of amides is 2. The molecule has 7 nitrogen and oxygen atoms in total. The summed E-state index contributed by atoms with van der Waals surface area (Å²) in [5.41, 5.74) is 1.38. The summed E-state index contributed by atoms with van der Waals surface area (Å²) in [5, 5.41) is 10.0. The number of benzene rings is 2. The third-order valence-corrected chi connectivity index (χ3v) is 5.43. The molecule has 0 aliphatic carbocycles. The lowest BCUT2D eigenvalue weighted by molar-refractivity contribution is -0.123. The van der Waals surface area contributed by atoms with Crippen LogP contribution >= 0.6 is 0 Å². The van der Waals surface area contributed by atoms with Gasteiger partial charge in [0.15, 0.2) is 0 Å². The minimum absolute atomic E-state index is 0.175. The number of hydrogen-bond acceptors (Lipinski definition) is 6. The normalized spacial score (nSPS) is 20.7. The van der Waals surface area contributed by atoms with Crippen LogP contribution in [0.3, 0.4) is 0 Å². The van der Waals surface area contributed by atoms with Gasteiger partial charge in [0.1, 0.15) is 11.5 Å². The molecule has 1 N–H and O–H groups in total. The van der Waals surface area contributed by atoms with Gasteiger partial charge in [-0.05, 0) is 36.4 Å². The molecule has 28 heavy (non-hydrogen) atoms. The van der Waals surface area contributed by atoms with Gasteiger partial charge in [-0.1, -0.05) is 12.1 Å². The number of imide groups is 1. The van der Waals surface area contributed by atoms with Crippen molar-refractivity contribution in [3.63, 3.8) is 0 Å². The fraction of sp³-hybridized carbons (Fsp3) is 0.333. The standard InChI is InChI=1S/C21H23N3O4/c1-28-16-8-6-15(7-9-16)24-20(26)14-18(21(24)27)23-12-10-22(11-13-23)17-4-2-3-5-19(17)25/h2-9,18,25H,10-14H2,1H3. The number of carbonyl (C=O) groups is 2. The van der Waals surface area contributed by atoms with Gasteiger partial charge in [-0.2, -0.15) is 0 Å². The number of piperazine rings is 1. The molecule has 4 rings (SSSR count). The molecule has 2 aromatic carbocycles. The first kappa shape index (κ1) is 18.3. The molecule has 2 saturated heterocycles. The fourth-order valence-electron chi connectivity index (χ4n) is 3.91. The van der Waals surface area contributed by atoms with E-state index in [1.807, 2.05) is 12.1 Å². The van der Waals surface area contributed by atoms with Gasteiger partial charge in [0.05, 0.1) is 30.9 Å². The van der Waals surface area contributed by atoms with Crippen LogP contribution in [0.5, 0.6) is 11.5 Å². The van der Waals surface area contributed by atoms with Gasteiger partial charge in [-0.25, -0.2) is 4.90 Å². The number of methoxy groups -OCH3 is 1. The van der Waals surface area contributed by atoms with Crippen LogP contribution in [0.25, 0.3) is 0 Å². The van der Waals surface area contributed by atoms with Gasteiger partial charge in [0, 0.05) is 26.2 Å². The summed E-state index contributed by atoms with van der Waals surface area (Å²) in [4.78, 5) is 30.9. The summed E-state index contributed by atoms with van der Waals surface area (Å²) in [6.45, 7) is 2.71. The van der Waals surface area contributed by atoms with Gasteiger partial charge in [0.25, 0.3) is 5.91 Å². The smallest absolute Gasteiger partial charge is 0.251 e. The molecule has 0 radical (unpaired) electrons. The van der Waals surface area contributed by atoms with Crippen molar-refractivity contribution in [2.45, 2.75) is 12.5 Å². The van der Waals surface area contributed by atoms with Crippen LogP contribution in [0.1, 0.15) is 6.42 Å². The Bertz CT molecular complexity index is 875. The number of aromatic hydroxyl groups is 1. The first-order valence-corrected chi connectivity index (χ1v) is 9.36. The Kier molecular flexibility index (Phi) is 4.92. The number of phenolic OH excluding ortho intramolecular Hbond substituents is 1. The highest BCUT2D eigenvalue weighted by atomic mass is 16.5. The number of phenols is 1. The maximum atomic E-state index is 13.0. The molecule has 2 aliphatic heterocycles. The van der Waals surface area contributed by atoms with Gasteiger partial charge < -0.3 is 14.7 Å². The van der Waals surface area contributed by atoms with E-state index >= 15 is 0 Å². The Labute approximate surface area is 163 Å². The number of nitrogens with zero attached hydrogens (tertiary/aromatic N) is 3. The van der Waals surface area contributed by atoms with Crippen LogP contribution in [0, 0.1) is 0 Å². The third-order valence-electron chi connectivity index (χ3n) is 5.43. The Morgan fingerprint density at radius 3 is 2.29 bits per heavy atom. The summed E-state index contributed by atoms with van der Waals surface area (Å²) in [5.74, 6) is 0.586. The topological polar surface area (TPSA) is 73.3 Å². The number of ether oxygens (including phenoxy) is 1. The summed E-state index contributed by atoms with van der Waals surface area (Å²) in [6.07, 6.45) is 0.196. The van der Waals surface area contributed by atoms with E-state index in [0.717, 1.165) is 5.69 Å². The zero-order valence-electron chi connectivity index (χ0n) is 15.7. The van der Waals surface area contributed by atoms with E-state index in [1.165, 1.54) is 4.90 Å². The summed E-state index contributed by atoms with van der Waals surface area (Å²) < 4.78 is 5.14. The van der Waals surface area contributed by atoms with E-state index in [4.69, 9.17) is 4.74 Å². The molecule has 1 unspecified atom stereocenters. The molecule has 2 amide bonds. The second-order valence-corrected chi connectivity index (χ2v) is 7.00. The SMILES string of the molecule is COc1ccc(N2C(=O)CC(N3CCN(c4ccccc4O)CC3)C2=O)cc1. The van der Waals surface area contributed by atoms with Crippen LogP contribution in [0.4, 0.5) is 11.4 Å². The Balaban J connectivity index is 1.44. The highest BCUT2D eigenvalue weighted by Crippen LogP contribution is 2.30. The second-order valence-electron chi connectivity index (χ2n) is 7.00. The van der Waals surface area contributed by atoms with Crippen molar-refractivity contribution in [1.82, 2.24) is 4.90 Å². The maximum Gasteiger partial charge on any atom is 0.251 e. The quantitative estimate of drug-likeness (QED) is 0.815. The molecule has 0 bridgehead atoms. The zero-order valence-corrected chi connectivity index (χ0v) is 15.7. The summed E-state index contributed by atoms with van der Waals surface area (Å²) >= 11 is 0. The zero-order chi connectivity index (χ0) is 19.7. The molecule has 2 heterocycles. The van der Waals surface area contributed by atoms with Crippen molar-refractivity contribution in [1.29, 1.82) is 0 Å². The second kappa shape index (κ2) is 7.52. The molecule has 146 valence electrons. The molecule has 0 aromatic heterocycles. The molecule has 0 saturated carbocycles. The highest BCUT2D eigenvalue weighted by Gasteiger charge is 2.43. The molecule has 2 aliphatic rings. The average Bonchev–Trinajstić information content (AvgIpc) is 3.03. The lowest BCUT2D eigenvalue weighted by Gasteiger charge is -2.38. The summed E-state index contributed by atoms with van der Waals surface area (Å²) in [6, 6.07) is 13.8. The maximum absolute atomic E-state index is 13.0. The molecule has 2 aromatic rings.